The van der Waals surface area contributed by atoms with Crippen molar-refractivity contribution in [3.63, 3.8) is 0 Å². The van der Waals surface area contributed by atoms with Crippen LogP contribution in [0, 0.1) is 0 Å². The summed E-state index contributed by atoms with van der Waals surface area (Å²) in [7, 11) is 1.72. The normalized spacial score (nSPS) is 26.2. The molecule has 1 fully saturated rings. The number of hydrogen-bond acceptors (Lipinski definition) is 8. The summed E-state index contributed by atoms with van der Waals surface area (Å²) in [5, 5.41) is 21.8. The Labute approximate surface area is 114 Å². The molecular weight excluding hydrogens is 264 g/mol. The Hall–Kier alpha value is -1.97. The summed E-state index contributed by atoms with van der Waals surface area (Å²) in [6.45, 7) is -0.233. The first kappa shape index (κ1) is 13.0. The van der Waals surface area contributed by atoms with Crippen LogP contribution >= 0.6 is 0 Å². The average molecular weight is 280 g/mol. The van der Waals surface area contributed by atoms with Crippen LogP contribution < -0.4 is 11.1 Å². The molecule has 9 nitrogen and oxygen atoms in total. The molecule has 5 N–H and O–H groups in total. The summed E-state index contributed by atoms with van der Waals surface area (Å²) >= 11 is 0. The third-order valence-corrected chi connectivity index (χ3v) is 3.37. The number of imidazole rings is 1. The topological polar surface area (TPSA) is 131 Å². The van der Waals surface area contributed by atoms with Crippen LogP contribution in [0.3, 0.4) is 0 Å². The lowest BCUT2D eigenvalue weighted by Crippen LogP contribution is -2.24. The number of rotatable bonds is 3. The van der Waals surface area contributed by atoms with Crippen LogP contribution in [0.4, 0.5) is 11.8 Å². The lowest BCUT2D eigenvalue weighted by molar-refractivity contribution is -0.0432. The van der Waals surface area contributed by atoms with Crippen LogP contribution in [-0.4, -0.2) is 55.6 Å². The van der Waals surface area contributed by atoms with E-state index in [-0.39, 0.29) is 12.6 Å². The number of aliphatic hydroxyl groups excluding tert-OH is 2. The molecule has 20 heavy (non-hydrogen) atoms. The van der Waals surface area contributed by atoms with Gasteiger partial charge in [-0.2, -0.15) is 9.97 Å². The van der Waals surface area contributed by atoms with Crippen molar-refractivity contribution < 1.29 is 14.9 Å². The predicted molar refractivity (Wildman–Crippen MR) is 70.9 cm³/mol. The molecule has 0 unspecified atom stereocenters. The van der Waals surface area contributed by atoms with E-state index in [9.17, 15) is 5.11 Å². The van der Waals surface area contributed by atoms with Crippen molar-refractivity contribution in [3.05, 3.63) is 6.33 Å². The van der Waals surface area contributed by atoms with E-state index in [0.29, 0.717) is 23.4 Å². The standard InChI is InChI=1S/C11H16N6O3/c1-13-9-8-10(16-11(12)15-9)17(4-14-8)7-2-5(19)6(3-18)20-7/h4-7,18-19H,2-3H2,1H3,(H3,12,13,15,16)/t5-,6+,7+/m1/s1. The highest BCUT2D eigenvalue weighted by Crippen LogP contribution is 2.31. The minimum atomic E-state index is -0.717. The van der Waals surface area contributed by atoms with Crippen molar-refractivity contribution >= 4 is 22.9 Å². The molecule has 3 atom stereocenters. The molecule has 2 aromatic rings. The Bertz CT molecular complexity index is 630. The third-order valence-electron chi connectivity index (χ3n) is 3.37. The van der Waals surface area contributed by atoms with Gasteiger partial charge >= 0.3 is 0 Å². The first-order chi connectivity index (χ1) is 9.63. The Morgan fingerprint density at radius 3 is 3.00 bits per heavy atom. The second-order valence-corrected chi connectivity index (χ2v) is 4.62. The lowest BCUT2D eigenvalue weighted by atomic mass is 10.2. The van der Waals surface area contributed by atoms with Gasteiger partial charge in [0.15, 0.2) is 17.0 Å². The van der Waals surface area contributed by atoms with Gasteiger partial charge in [0.1, 0.15) is 12.3 Å². The summed E-state index contributed by atoms with van der Waals surface area (Å²) in [5.41, 5.74) is 6.78. The number of nitrogens with zero attached hydrogens (tertiary/aromatic N) is 4. The van der Waals surface area contributed by atoms with Crippen molar-refractivity contribution in [3.8, 4) is 0 Å². The number of hydrogen-bond donors (Lipinski definition) is 4. The van der Waals surface area contributed by atoms with Crippen LogP contribution in [0.2, 0.25) is 0 Å². The number of aromatic nitrogens is 4. The smallest absolute Gasteiger partial charge is 0.224 e. The van der Waals surface area contributed by atoms with Crippen molar-refractivity contribution in [2.24, 2.45) is 0 Å². The SMILES string of the molecule is CNc1nc(N)nc2c1ncn2[C@@H]1C[C@@H](O)[C@H](CO)O1. The van der Waals surface area contributed by atoms with E-state index >= 15 is 0 Å². The number of aliphatic hydroxyl groups is 2. The maximum atomic E-state index is 9.80. The summed E-state index contributed by atoms with van der Waals surface area (Å²) in [6, 6.07) is 0. The summed E-state index contributed by atoms with van der Waals surface area (Å²) in [6.07, 6.45) is 0.170. The molecule has 1 aliphatic rings. The minimum Gasteiger partial charge on any atom is -0.394 e. The Morgan fingerprint density at radius 1 is 1.55 bits per heavy atom. The largest absolute Gasteiger partial charge is 0.394 e. The second kappa shape index (κ2) is 4.85. The maximum absolute atomic E-state index is 9.80. The molecule has 0 saturated carbocycles. The first-order valence-corrected chi connectivity index (χ1v) is 6.26. The van der Waals surface area contributed by atoms with Crippen LogP contribution in [0.15, 0.2) is 6.33 Å². The number of nitrogen functional groups attached to an aromatic ring is 1. The fourth-order valence-corrected chi connectivity index (χ4v) is 2.37. The van der Waals surface area contributed by atoms with Gasteiger partial charge in [-0.25, -0.2) is 4.98 Å². The number of nitrogens with two attached hydrogens (primary N) is 1. The van der Waals surface area contributed by atoms with E-state index in [0.717, 1.165) is 0 Å². The third kappa shape index (κ3) is 1.96. The molecule has 1 saturated heterocycles. The van der Waals surface area contributed by atoms with E-state index in [1.165, 1.54) is 0 Å². The molecular formula is C11H16N6O3. The molecule has 2 aromatic heterocycles. The zero-order valence-electron chi connectivity index (χ0n) is 10.9. The zero-order chi connectivity index (χ0) is 14.3. The van der Waals surface area contributed by atoms with Crippen molar-refractivity contribution in [2.75, 3.05) is 24.7 Å². The first-order valence-electron chi connectivity index (χ1n) is 6.26. The fourth-order valence-electron chi connectivity index (χ4n) is 2.37. The van der Waals surface area contributed by atoms with Gasteiger partial charge in [0.2, 0.25) is 5.95 Å². The molecule has 0 bridgehead atoms. The molecule has 0 radical (unpaired) electrons. The Kier molecular flexibility index (Phi) is 3.16. The highest BCUT2D eigenvalue weighted by atomic mass is 16.5. The van der Waals surface area contributed by atoms with E-state index in [2.05, 4.69) is 20.3 Å². The van der Waals surface area contributed by atoms with Crippen LogP contribution in [-0.2, 0) is 4.74 Å². The van der Waals surface area contributed by atoms with Crippen LogP contribution in [0.1, 0.15) is 12.6 Å². The molecule has 0 aromatic carbocycles. The molecule has 0 spiro atoms. The summed E-state index contributed by atoms with van der Waals surface area (Å²) < 4.78 is 7.28. The zero-order valence-corrected chi connectivity index (χ0v) is 10.9. The van der Waals surface area contributed by atoms with Crippen molar-refractivity contribution in [2.45, 2.75) is 24.9 Å². The van der Waals surface area contributed by atoms with Crippen molar-refractivity contribution in [1.82, 2.24) is 19.5 Å². The Morgan fingerprint density at radius 2 is 2.35 bits per heavy atom. The van der Waals surface area contributed by atoms with Gasteiger partial charge in [0, 0.05) is 13.5 Å². The number of anilines is 2. The van der Waals surface area contributed by atoms with Crippen LogP contribution in [0.5, 0.6) is 0 Å². The van der Waals surface area contributed by atoms with E-state index in [1.54, 1.807) is 17.9 Å². The number of fused-ring (bicyclic) bond motifs is 1. The summed E-state index contributed by atoms with van der Waals surface area (Å²) in [5.74, 6) is 0.657. The van der Waals surface area contributed by atoms with Crippen molar-refractivity contribution in [1.29, 1.82) is 0 Å². The molecule has 1 aliphatic heterocycles. The number of nitrogens with one attached hydrogen (secondary N) is 1. The van der Waals surface area contributed by atoms with Gasteiger partial charge in [-0.1, -0.05) is 0 Å². The molecule has 0 aliphatic carbocycles. The number of ether oxygens (including phenoxy) is 1. The average Bonchev–Trinajstić information content (AvgIpc) is 3.00. The van der Waals surface area contributed by atoms with Gasteiger partial charge in [-0.3, -0.25) is 4.57 Å². The molecule has 0 amide bonds. The maximum Gasteiger partial charge on any atom is 0.224 e. The lowest BCUT2D eigenvalue weighted by Gasteiger charge is -2.13. The summed E-state index contributed by atoms with van der Waals surface area (Å²) in [4.78, 5) is 12.5. The molecule has 3 rings (SSSR count). The quantitative estimate of drug-likeness (QED) is 0.568. The van der Waals surface area contributed by atoms with E-state index in [4.69, 9.17) is 15.6 Å². The van der Waals surface area contributed by atoms with Gasteiger partial charge < -0.3 is 26.0 Å². The van der Waals surface area contributed by atoms with Gasteiger partial charge in [0.05, 0.1) is 19.0 Å². The van der Waals surface area contributed by atoms with Gasteiger partial charge in [-0.15, -0.1) is 0 Å². The molecule has 3 heterocycles. The minimum absolute atomic E-state index is 0.126. The van der Waals surface area contributed by atoms with Gasteiger partial charge in [-0.05, 0) is 0 Å². The van der Waals surface area contributed by atoms with Crippen LogP contribution in [0.25, 0.3) is 11.2 Å². The van der Waals surface area contributed by atoms with Gasteiger partial charge in [0.25, 0.3) is 0 Å². The van der Waals surface area contributed by atoms with E-state index in [1.807, 2.05) is 0 Å². The monoisotopic (exact) mass is 280 g/mol. The van der Waals surface area contributed by atoms with E-state index < -0.39 is 18.4 Å². The highest BCUT2D eigenvalue weighted by molar-refractivity contribution is 5.84. The highest BCUT2D eigenvalue weighted by Gasteiger charge is 2.35. The second-order valence-electron chi connectivity index (χ2n) is 4.62. The molecule has 9 heteroatoms. The fraction of sp³-hybridized carbons (Fsp3) is 0.545. The molecule has 108 valence electrons. The predicted octanol–water partition coefficient (Wildman–Crippen LogP) is -0.909. The Balaban J connectivity index is 2.03.